The topological polar surface area (TPSA) is 58.4 Å². The third kappa shape index (κ3) is 3.90. The minimum Gasteiger partial charge on any atom is -0.385 e. The highest BCUT2D eigenvalue weighted by molar-refractivity contribution is 5.92. The lowest BCUT2D eigenvalue weighted by molar-refractivity contribution is -0.140. The quantitative estimate of drug-likeness (QED) is 0.843. The molecule has 1 N–H and O–H groups in total. The summed E-state index contributed by atoms with van der Waals surface area (Å²) in [7, 11) is 0. The van der Waals surface area contributed by atoms with Crippen LogP contribution in [0.5, 0.6) is 0 Å². The molecule has 1 aromatic heterocycles. The number of amides is 1. The van der Waals surface area contributed by atoms with E-state index in [0.29, 0.717) is 13.0 Å². The lowest BCUT2D eigenvalue weighted by Gasteiger charge is -2.52. The van der Waals surface area contributed by atoms with E-state index in [4.69, 9.17) is 0 Å². The standard InChI is InChI=1S/C21H24F3N3O2/c22-21(23,24)13-26-12-17(25-14-26)19(28)27-11-10-20(29,15-6-2-1-3-7-15)16-8-4-5-9-18(16)27/h1-3,6-7,12,14,16,18,29H,4-5,8-11,13H2/t16-,18+,20?/m1/s1. The highest BCUT2D eigenvalue weighted by Gasteiger charge is 2.50. The van der Waals surface area contributed by atoms with E-state index in [2.05, 4.69) is 4.98 Å². The molecule has 1 saturated heterocycles. The number of fused-ring (bicyclic) bond motifs is 1. The van der Waals surface area contributed by atoms with Crippen LogP contribution in [0.1, 0.15) is 48.2 Å². The first-order valence-corrected chi connectivity index (χ1v) is 9.95. The molecule has 1 unspecified atom stereocenters. The molecule has 2 fully saturated rings. The van der Waals surface area contributed by atoms with Crippen molar-refractivity contribution in [1.82, 2.24) is 14.5 Å². The first-order chi connectivity index (χ1) is 13.8. The molecule has 0 spiro atoms. The molecule has 8 heteroatoms. The normalized spacial score (nSPS) is 27.5. The van der Waals surface area contributed by atoms with E-state index in [1.807, 2.05) is 30.3 Å². The molecule has 29 heavy (non-hydrogen) atoms. The van der Waals surface area contributed by atoms with Gasteiger partial charge in [-0.1, -0.05) is 43.2 Å². The lowest BCUT2D eigenvalue weighted by Crippen LogP contribution is -2.59. The molecule has 156 valence electrons. The molecule has 0 bridgehead atoms. The zero-order valence-corrected chi connectivity index (χ0v) is 16.0. The van der Waals surface area contributed by atoms with Gasteiger partial charge in [0.15, 0.2) is 0 Å². The van der Waals surface area contributed by atoms with Gasteiger partial charge in [0.1, 0.15) is 12.2 Å². The van der Waals surface area contributed by atoms with Gasteiger partial charge < -0.3 is 14.6 Å². The Kier molecular flexibility index (Phi) is 5.14. The Labute approximate surface area is 167 Å². The Balaban J connectivity index is 1.58. The van der Waals surface area contributed by atoms with Gasteiger partial charge in [-0.15, -0.1) is 0 Å². The van der Waals surface area contributed by atoms with Crippen molar-refractivity contribution in [3.05, 3.63) is 54.1 Å². The molecule has 3 atom stereocenters. The number of imidazole rings is 1. The summed E-state index contributed by atoms with van der Waals surface area (Å²) < 4.78 is 38.7. The van der Waals surface area contributed by atoms with E-state index in [9.17, 15) is 23.1 Å². The zero-order chi connectivity index (χ0) is 20.6. The molecule has 2 heterocycles. The Morgan fingerprint density at radius 1 is 1.21 bits per heavy atom. The van der Waals surface area contributed by atoms with Crippen molar-refractivity contribution in [1.29, 1.82) is 0 Å². The van der Waals surface area contributed by atoms with Crippen molar-refractivity contribution in [2.75, 3.05) is 6.54 Å². The smallest absolute Gasteiger partial charge is 0.385 e. The maximum atomic E-state index is 13.1. The van der Waals surface area contributed by atoms with Gasteiger partial charge in [-0.05, 0) is 24.8 Å². The maximum absolute atomic E-state index is 13.1. The van der Waals surface area contributed by atoms with E-state index in [1.165, 1.54) is 0 Å². The lowest BCUT2D eigenvalue weighted by atomic mass is 9.66. The van der Waals surface area contributed by atoms with Crippen LogP contribution in [0.15, 0.2) is 42.9 Å². The number of likely N-dealkylation sites (tertiary alicyclic amines) is 1. The number of halogens is 3. The van der Waals surface area contributed by atoms with Crippen LogP contribution >= 0.6 is 0 Å². The molecular formula is C21H24F3N3O2. The summed E-state index contributed by atoms with van der Waals surface area (Å²) in [6.07, 6.45) is 1.75. The Morgan fingerprint density at radius 2 is 1.93 bits per heavy atom. The molecule has 2 aromatic rings. The number of carbonyl (C=O) groups excluding carboxylic acids is 1. The van der Waals surface area contributed by atoms with Crippen molar-refractivity contribution in [3.63, 3.8) is 0 Å². The summed E-state index contributed by atoms with van der Waals surface area (Å²) in [5, 5.41) is 11.6. The van der Waals surface area contributed by atoms with Crippen LogP contribution in [0.2, 0.25) is 0 Å². The summed E-state index contributed by atoms with van der Waals surface area (Å²) >= 11 is 0. The summed E-state index contributed by atoms with van der Waals surface area (Å²) in [6.45, 7) is -0.829. The SMILES string of the molecule is O=C(c1cn(CC(F)(F)F)cn1)N1CCC(O)(c2ccccc2)[C@@H]2CCCC[C@@H]21. The minimum atomic E-state index is -4.37. The van der Waals surface area contributed by atoms with Crippen molar-refractivity contribution >= 4 is 5.91 Å². The van der Waals surface area contributed by atoms with Gasteiger partial charge in [-0.25, -0.2) is 4.98 Å². The molecule has 1 amide bonds. The number of piperidine rings is 1. The molecule has 2 aliphatic rings. The number of alkyl halides is 3. The molecule has 4 rings (SSSR count). The third-order valence-electron chi connectivity index (χ3n) is 6.23. The number of hydrogen-bond donors (Lipinski definition) is 1. The van der Waals surface area contributed by atoms with Crippen LogP contribution in [0.3, 0.4) is 0 Å². The van der Waals surface area contributed by atoms with Crippen LogP contribution in [0, 0.1) is 5.92 Å². The number of carbonyl (C=O) groups is 1. The summed E-state index contributed by atoms with van der Waals surface area (Å²) in [4.78, 5) is 18.7. The van der Waals surface area contributed by atoms with Crippen molar-refractivity contribution in [3.8, 4) is 0 Å². The fourth-order valence-corrected chi connectivity index (χ4v) is 4.93. The van der Waals surface area contributed by atoms with Crippen LogP contribution in [0.25, 0.3) is 0 Å². The predicted octanol–water partition coefficient (Wildman–Crippen LogP) is 3.74. The molecule has 1 aromatic carbocycles. The van der Waals surface area contributed by atoms with Crippen LogP contribution in [0.4, 0.5) is 13.2 Å². The Hall–Kier alpha value is -2.35. The van der Waals surface area contributed by atoms with Gasteiger partial charge in [0.25, 0.3) is 5.91 Å². The second kappa shape index (κ2) is 7.48. The van der Waals surface area contributed by atoms with Gasteiger partial charge in [0, 0.05) is 24.7 Å². The van der Waals surface area contributed by atoms with Crippen molar-refractivity contribution < 1.29 is 23.1 Å². The fourth-order valence-electron chi connectivity index (χ4n) is 4.93. The number of aromatic nitrogens is 2. The van der Waals surface area contributed by atoms with E-state index < -0.39 is 18.3 Å². The monoisotopic (exact) mass is 407 g/mol. The Bertz CT molecular complexity index is 868. The largest absolute Gasteiger partial charge is 0.406 e. The second-order valence-electron chi connectivity index (χ2n) is 8.04. The number of rotatable bonds is 3. The molecule has 1 aliphatic carbocycles. The Morgan fingerprint density at radius 3 is 2.66 bits per heavy atom. The van der Waals surface area contributed by atoms with E-state index >= 15 is 0 Å². The van der Waals surface area contributed by atoms with Crippen molar-refractivity contribution in [2.45, 2.75) is 56.5 Å². The highest BCUT2D eigenvalue weighted by atomic mass is 19.4. The second-order valence-corrected chi connectivity index (χ2v) is 8.04. The molecule has 1 saturated carbocycles. The predicted molar refractivity (Wildman–Crippen MR) is 100 cm³/mol. The summed E-state index contributed by atoms with van der Waals surface area (Å²) in [5.41, 5.74) is -0.124. The van der Waals surface area contributed by atoms with Gasteiger partial charge in [0.05, 0.1) is 11.9 Å². The average molecular weight is 407 g/mol. The third-order valence-corrected chi connectivity index (χ3v) is 6.23. The number of aliphatic hydroxyl groups is 1. The number of nitrogens with zero attached hydrogens (tertiary/aromatic N) is 3. The highest BCUT2D eigenvalue weighted by Crippen LogP contribution is 2.47. The molecule has 5 nitrogen and oxygen atoms in total. The molecular weight excluding hydrogens is 383 g/mol. The van der Waals surface area contributed by atoms with Gasteiger partial charge in [-0.2, -0.15) is 13.2 Å². The van der Waals surface area contributed by atoms with Gasteiger partial charge >= 0.3 is 6.18 Å². The summed E-state index contributed by atoms with van der Waals surface area (Å²) in [6, 6.07) is 9.39. The van der Waals surface area contributed by atoms with Crippen LogP contribution in [-0.2, 0) is 12.1 Å². The molecule has 0 radical (unpaired) electrons. The van der Waals surface area contributed by atoms with Crippen LogP contribution in [-0.4, -0.2) is 44.2 Å². The zero-order valence-electron chi connectivity index (χ0n) is 16.0. The van der Waals surface area contributed by atoms with Crippen molar-refractivity contribution in [2.24, 2.45) is 5.92 Å². The minimum absolute atomic E-state index is 0.0173. The fraction of sp³-hybridized carbons (Fsp3) is 0.524. The van der Waals surface area contributed by atoms with E-state index in [-0.39, 0.29) is 23.6 Å². The van der Waals surface area contributed by atoms with Gasteiger partial charge in [0.2, 0.25) is 0 Å². The number of hydrogen-bond acceptors (Lipinski definition) is 3. The van der Waals surface area contributed by atoms with E-state index in [1.54, 1.807) is 4.90 Å². The van der Waals surface area contributed by atoms with Crippen LogP contribution < -0.4 is 0 Å². The maximum Gasteiger partial charge on any atom is 0.406 e. The molecule has 1 aliphatic heterocycles. The first kappa shape index (κ1) is 19.9. The summed E-state index contributed by atoms with van der Waals surface area (Å²) in [5.74, 6) is -0.466. The first-order valence-electron chi connectivity index (χ1n) is 9.95. The average Bonchev–Trinajstić information content (AvgIpc) is 3.15. The van der Waals surface area contributed by atoms with E-state index in [0.717, 1.165) is 48.3 Å². The number of benzene rings is 1. The van der Waals surface area contributed by atoms with Gasteiger partial charge in [-0.3, -0.25) is 4.79 Å².